The van der Waals surface area contributed by atoms with Crippen molar-refractivity contribution < 1.29 is 14.6 Å². The monoisotopic (exact) mass is 396 g/mol. The van der Waals surface area contributed by atoms with Gasteiger partial charge in [-0.05, 0) is 18.6 Å². The molecule has 1 aliphatic rings. The number of rotatable bonds is 8. The van der Waals surface area contributed by atoms with Crippen molar-refractivity contribution in [3.63, 3.8) is 0 Å². The summed E-state index contributed by atoms with van der Waals surface area (Å²) in [4.78, 5) is 4.40. The van der Waals surface area contributed by atoms with Gasteiger partial charge in [0.2, 0.25) is 0 Å². The highest BCUT2D eigenvalue weighted by Gasteiger charge is 2.43. The van der Waals surface area contributed by atoms with Crippen LogP contribution in [0.15, 0.2) is 43.2 Å². The van der Waals surface area contributed by atoms with Crippen LogP contribution in [-0.2, 0) is 28.2 Å². The second kappa shape index (κ2) is 8.55. The number of aliphatic hydroxyl groups excluding tert-OH is 1. The lowest BCUT2D eigenvalue weighted by atomic mass is 9.99. The zero-order valence-electron chi connectivity index (χ0n) is 14.4. The number of aliphatic hydroxyl groups is 1. The summed E-state index contributed by atoms with van der Waals surface area (Å²) in [6.45, 7) is 4.71. The van der Waals surface area contributed by atoms with Crippen LogP contribution in [-0.4, -0.2) is 34.0 Å². The van der Waals surface area contributed by atoms with Gasteiger partial charge in [-0.3, -0.25) is 0 Å². The van der Waals surface area contributed by atoms with E-state index in [0.29, 0.717) is 23.1 Å². The molecular weight excluding hydrogens is 375 g/mol. The quantitative estimate of drug-likeness (QED) is 0.686. The molecule has 0 radical (unpaired) electrons. The van der Waals surface area contributed by atoms with Gasteiger partial charge in [0.1, 0.15) is 11.9 Å². The van der Waals surface area contributed by atoms with E-state index in [0.717, 1.165) is 30.8 Å². The van der Waals surface area contributed by atoms with Crippen molar-refractivity contribution in [2.24, 2.45) is 0 Å². The first-order chi connectivity index (χ1) is 12.6. The van der Waals surface area contributed by atoms with E-state index in [-0.39, 0.29) is 12.7 Å². The topological polar surface area (TPSA) is 56.5 Å². The summed E-state index contributed by atoms with van der Waals surface area (Å²) in [6, 6.07) is 5.26. The molecule has 7 heteroatoms. The predicted octanol–water partition coefficient (Wildman–Crippen LogP) is 3.96. The maximum Gasteiger partial charge on any atom is 0.196 e. The third kappa shape index (κ3) is 4.13. The van der Waals surface area contributed by atoms with Crippen molar-refractivity contribution in [2.75, 3.05) is 13.2 Å². The van der Waals surface area contributed by atoms with Crippen LogP contribution in [0.5, 0.6) is 0 Å². The molecule has 26 heavy (non-hydrogen) atoms. The molecule has 5 nitrogen and oxygen atoms in total. The number of halogens is 2. The largest absolute Gasteiger partial charge is 0.394 e. The van der Waals surface area contributed by atoms with Crippen LogP contribution in [0.25, 0.3) is 0 Å². The number of imidazole rings is 1. The van der Waals surface area contributed by atoms with Gasteiger partial charge in [-0.2, -0.15) is 0 Å². The number of aryl methyl sites for hydroxylation is 1. The van der Waals surface area contributed by atoms with E-state index in [1.807, 2.05) is 18.3 Å². The van der Waals surface area contributed by atoms with Crippen molar-refractivity contribution >= 4 is 23.2 Å². The second-order valence-corrected chi connectivity index (χ2v) is 7.09. The lowest BCUT2D eigenvalue weighted by Gasteiger charge is -2.29. The van der Waals surface area contributed by atoms with Gasteiger partial charge in [-0.25, -0.2) is 4.98 Å². The fourth-order valence-corrected chi connectivity index (χ4v) is 3.77. The van der Waals surface area contributed by atoms with Crippen LogP contribution in [0.2, 0.25) is 10.0 Å². The van der Waals surface area contributed by atoms with E-state index >= 15 is 0 Å². The van der Waals surface area contributed by atoms with E-state index < -0.39 is 5.79 Å². The van der Waals surface area contributed by atoms with Gasteiger partial charge in [-0.15, -0.1) is 6.58 Å². The first-order valence-corrected chi connectivity index (χ1v) is 9.32. The highest BCUT2D eigenvalue weighted by Crippen LogP contribution is 2.42. The molecule has 1 saturated heterocycles. The fraction of sp³-hybridized carbons (Fsp3) is 0.421. The van der Waals surface area contributed by atoms with E-state index in [1.54, 1.807) is 18.3 Å². The van der Waals surface area contributed by atoms with Gasteiger partial charge in [0.25, 0.3) is 0 Å². The molecule has 2 heterocycles. The standard InChI is InChI=1S/C19H22Cl2N2O3/c1-2-9-23-10-8-22-18(23)4-3-7-19(25-13-15(12-24)26-19)16-6-5-14(20)11-17(16)21/h2,5-6,8,10-11,15,24H,1,3-4,7,9,12-13H2/t15-,19-/m0/s1. The molecule has 3 rings (SSSR count). The third-order valence-corrected chi connectivity index (χ3v) is 4.99. The molecule has 0 unspecified atom stereocenters. The molecule has 1 aromatic heterocycles. The first kappa shape index (κ1) is 19.4. The predicted molar refractivity (Wildman–Crippen MR) is 101 cm³/mol. The minimum absolute atomic E-state index is 0.100. The fourth-order valence-electron chi connectivity index (χ4n) is 3.21. The van der Waals surface area contributed by atoms with Crippen LogP contribution in [0.4, 0.5) is 0 Å². The summed E-state index contributed by atoms with van der Waals surface area (Å²) in [6.07, 6.45) is 7.34. The van der Waals surface area contributed by atoms with Crippen LogP contribution >= 0.6 is 23.2 Å². The molecule has 0 amide bonds. The van der Waals surface area contributed by atoms with Crippen molar-refractivity contribution in [2.45, 2.75) is 37.7 Å². The van der Waals surface area contributed by atoms with Gasteiger partial charge < -0.3 is 19.1 Å². The molecule has 2 atom stereocenters. The Kier molecular flexibility index (Phi) is 6.37. The normalized spacial score (nSPS) is 22.7. The molecule has 0 aliphatic carbocycles. The van der Waals surface area contributed by atoms with Crippen molar-refractivity contribution in [3.8, 4) is 0 Å². The van der Waals surface area contributed by atoms with Crippen LogP contribution < -0.4 is 0 Å². The van der Waals surface area contributed by atoms with E-state index in [1.165, 1.54) is 0 Å². The molecule has 1 aliphatic heterocycles. The van der Waals surface area contributed by atoms with E-state index in [2.05, 4.69) is 16.1 Å². The summed E-state index contributed by atoms with van der Waals surface area (Å²) in [5.41, 5.74) is 0.731. The second-order valence-electron chi connectivity index (χ2n) is 6.25. The summed E-state index contributed by atoms with van der Waals surface area (Å²) < 4.78 is 14.1. The van der Waals surface area contributed by atoms with Crippen molar-refractivity contribution in [3.05, 3.63) is 64.7 Å². The summed E-state index contributed by atoms with van der Waals surface area (Å²) in [7, 11) is 0. The summed E-state index contributed by atoms with van der Waals surface area (Å²) in [5.74, 6) is 0.00392. The molecule has 1 aromatic carbocycles. The highest BCUT2D eigenvalue weighted by molar-refractivity contribution is 6.35. The number of hydrogen-bond donors (Lipinski definition) is 1. The first-order valence-electron chi connectivity index (χ1n) is 8.57. The van der Waals surface area contributed by atoms with Gasteiger partial charge in [0.15, 0.2) is 5.79 Å². The molecule has 140 valence electrons. The zero-order valence-corrected chi connectivity index (χ0v) is 15.9. The SMILES string of the molecule is C=CCn1ccnc1CCC[C@]1(c2ccc(Cl)cc2Cl)OC[C@H](CO)O1. The van der Waals surface area contributed by atoms with Crippen LogP contribution in [0.1, 0.15) is 24.2 Å². The molecule has 1 fully saturated rings. The van der Waals surface area contributed by atoms with Gasteiger partial charge >= 0.3 is 0 Å². The average Bonchev–Trinajstić information content (AvgIpc) is 3.23. The van der Waals surface area contributed by atoms with Gasteiger partial charge in [-0.1, -0.05) is 35.3 Å². The third-order valence-electron chi connectivity index (χ3n) is 4.44. The number of aromatic nitrogens is 2. The van der Waals surface area contributed by atoms with E-state index in [9.17, 15) is 5.11 Å². The van der Waals surface area contributed by atoms with E-state index in [4.69, 9.17) is 32.7 Å². The molecule has 1 N–H and O–H groups in total. The Balaban J connectivity index is 1.77. The summed E-state index contributed by atoms with van der Waals surface area (Å²) in [5, 5.41) is 10.5. The number of ether oxygens (including phenoxy) is 2. The Morgan fingerprint density at radius 2 is 2.27 bits per heavy atom. The van der Waals surface area contributed by atoms with Crippen LogP contribution in [0, 0.1) is 0 Å². The van der Waals surface area contributed by atoms with Crippen molar-refractivity contribution in [1.29, 1.82) is 0 Å². The molecule has 0 bridgehead atoms. The maximum absolute atomic E-state index is 9.45. The lowest BCUT2D eigenvalue weighted by molar-refractivity contribution is -0.185. The number of hydrogen-bond acceptors (Lipinski definition) is 4. The Bertz CT molecular complexity index is 765. The van der Waals surface area contributed by atoms with Gasteiger partial charge in [0, 0.05) is 42.4 Å². The highest BCUT2D eigenvalue weighted by atomic mass is 35.5. The minimum atomic E-state index is -0.981. The Hall–Kier alpha value is -1.37. The number of benzene rings is 1. The summed E-state index contributed by atoms with van der Waals surface area (Å²) >= 11 is 12.4. The molecular formula is C19H22Cl2N2O3. The van der Waals surface area contributed by atoms with Crippen LogP contribution in [0.3, 0.4) is 0 Å². The molecule has 0 spiro atoms. The number of nitrogens with zero attached hydrogens (tertiary/aromatic N) is 2. The molecule has 0 saturated carbocycles. The smallest absolute Gasteiger partial charge is 0.196 e. The zero-order chi connectivity index (χ0) is 18.6. The minimum Gasteiger partial charge on any atom is -0.394 e. The lowest BCUT2D eigenvalue weighted by Crippen LogP contribution is -2.29. The number of allylic oxidation sites excluding steroid dienone is 1. The Labute approximate surface area is 163 Å². The Morgan fingerprint density at radius 3 is 2.96 bits per heavy atom. The molecule has 2 aromatic rings. The maximum atomic E-state index is 9.45. The average molecular weight is 397 g/mol. The van der Waals surface area contributed by atoms with Gasteiger partial charge in [0.05, 0.1) is 18.2 Å². The Morgan fingerprint density at radius 1 is 1.42 bits per heavy atom. The van der Waals surface area contributed by atoms with Crippen molar-refractivity contribution in [1.82, 2.24) is 9.55 Å².